The van der Waals surface area contributed by atoms with Crippen LogP contribution in [0, 0.1) is 12.8 Å². The summed E-state index contributed by atoms with van der Waals surface area (Å²) in [4.78, 5) is 13.1. The van der Waals surface area contributed by atoms with Gasteiger partial charge in [0.05, 0.1) is 5.69 Å². The molecule has 2 unspecified atom stereocenters. The van der Waals surface area contributed by atoms with Crippen LogP contribution in [0.2, 0.25) is 0 Å². The van der Waals surface area contributed by atoms with Gasteiger partial charge in [-0.2, -0.15) is 5.10 Å². The molecule has 2 atom stereocenters. The largest absolute Gasteiger partial charge is 0.478 e. The molecule has 1 saturated carbocycles. The molecule has 1 aromatic rings. The van der Waals surface area contributed by atoms with E-state index < -0.39 is 5.97 Å². The second kappa shape index (κ2) is 6.33. The van der Waals surface area contributed by atoms with Crippen LogP contribution in [0.1, 0.15) is 43.9 Å². The number of aryl methyl sites for hydroxylation is 2. The van der Waals surface area contributed by atoms with Crippen LogP contribution in [-0.4, -0.2) is 33.9 Å². The highest BCUT2D eigenvalue weighted by molar-refractivity contribution is 5.87. The van der Waals surface area contributed by atoms with E-state index in [0.717, 1.165) is 17.1 Å². The maximum Gasteiger partial charge on any atom is 0.328 e. The number of hydrogen-bond donors (Lipinski definition) is 1. The zero-order chi connectivity index (χ0) is 15.6. The molecule has 0 aliphatic heterocycles. The van der Waals surface area contributed by atoms with Crippen molar-refractivity contribution in [3.63, 3.8) is 0 Å². The third-order valence-electron chi connectivity index (χ3n) is 4.53. The van der Waals surface area contributed by atoms with Crippen LogP contribution in [0.4, 0.5) is 5.82 Å². The molecule has 1 aromatic heterocycles. The Hall–Kier alpha value is -1.78. The van der Waals surface area contributed by atoms with Gasteiger partial charge in [-0.15, -0.1) is 0 Å². The Bertz CT molecular complexity index is 548. The lowest BCUT2D eigenvalue weighted by Gasteiger charge is -2.37. The van der Waals surface area contributed by atoms with Crippen LogP contribution in [0.15, 0.2) is 6.08 Å². The van der Waals surface area contributed by atoms with Crippen LogP contribution in [0.3, 0.4) is 0 Å². The van der Waals surface area contributed by atoms with Crippen molar-refractivity contribution in [2.45, 2.75) is 45.6 Å². The van der Waals surface area contributed by atoms with Gasteiger partial charge in [0.15, 0.2) is 0 Å². The smallest absolute Gasteiger partial charge is 0.328 e. The summed E-state index contributed by atoms with van der Waals surface area (Å²) in [7, 11) is 4.02. The van der Waals surface area contributed by atoms with E-state index in [1.54, 1.807) is 6.08 Å². The van der Waals surface area contributed by atoms with Crippen LogP contribution < -0.4 is 4.90 Å². The van der Waals surface area contributed by atoms with E-state index in [0.29, 0.717) is 12.0 Å². The van der Waals surface area contributed by atoms with E-state index in [1.807, 2.05) is 18.7 Å². The highest BCUT2D eigenvalue weighted by Crippen LogP contribution is 2.33. The van der Waals surface area contributed by atoms with Crippen LogP contribution in [0.25, 0.3) is 6.08 Å². The van der Waals surface area contributed by atoms with E-state index >= 15 is 0 Å². The first-order valence-electron chi connectivity index (χ1n) is 7.59. The quantitative estimate of drug-likeness (QED) is 0.867. The van der Waals surface area contributed by atoms with Crippen molar-refractivity contribution < 1.29 is 9.90 Å². The van der Waals surface area contributed by atoms with Crippen molar-refractivity contribution in [1.29, 1.82) is 0 Å². The van der Waals surface area contributed by atoms with Crippen molar-refractivity contribution in [2.24, 2.45) is 13.0 Å². The second-order valence-corrected chi connectivity index (χ2v) is 6.06. The molecule has 1 aliphatic rings. The maximum absolute atomic E-state index is 10.8. The normalized spacial score (nSPS) is 22.7. The number of rotatable bonds is 4. The predicted octanol–water partition coefficient (Wildman–Crippen LogP) is 2.84. The Labute approximate surface area is 126 Å². The minimum atomic E-state index is -0.933. The summed E-state index contributed by atoms with van der Waals surface area (Å²) in [6, 6.07) is 0.491. The highest BCUT2D eigenvalue weighted by Gasteiger charge is 2.28. The molecule has 1 N–H and O–H groups in total. The summed E-state index contributed by atoms with van der Waals surface area (Å²) in [6.07, 6.45) is 7.85. The van der Waals surface area contributed by atoms with Gasteiger partial charge in [-0.1, -0.05) is 19.8 Å². The van der Waals surface area contributed by atoms with Gasteiger partial charge in [-0.3, -0.25) is 4.68 Å². The second-order valence-electron chi connectivity index (χ2n) is 6.06. The van der Waals surface area contributed by atoms with Gasteiger partial charge in [0, 0.05) is 31.8 Å². The first kappa shape index (κ1) is 15.6. The zero-order valence-electron chi connectivity index (χ0n) is 13.3. The van der Waals surface area contributed by atoms with E-state index in [2.05, 4.69) is 24.0 Å². The average Bonchev–Trinajstić information content (AvgIpc) is 2.70. The number of anilines is 1. The summed E-state index contributed by atoms with van der Waals surface area (Å²) < 4.78 is 1.86. The highest BCUT2D eigenvalue weighted by atomic mass is 16.4. The Balaban J connectivity index is 2.35. The molecular formula is C16H25N3O2. The molecule has 5 nitrogen and oxygen atoms in total. The molecule has 0 bridgehead atoms. The van der Waals surface area contributed by atoms with Crippen LogP contribution in [0.5, 0.6) is 0 Å². The third-order valence-corrected chi connectivity index (χ3v) is 4.53. The maximum atomic E-state index is 10.8. The third kappa shape index (κ3) is 3.28. The summed E-state index contributed by atoms with van der Waals surface area (Å²) in [6.45, 7) is 4.22. The predicted molar refractivity (Wildman–Crippen MR) is 84.4 cm³/mol. The Morgan fingerprint density at radius 1 is 1.43 bits per heavy atom. The molecule has 0 spiro atoms. The molecule has 0 saturated heterocycles. The first-order valence-corrected chi connectivity index (χ1v) is 7.59. The van der Waals surface area contributed by atoms with E-state index in [9.17, 15) is 4.79 Å². The van der Waals surface area contributed by atoms with Gasteiger partial charge >= 0.3 is 5.97 Å². The zero-order valence-corrected chi connectivity index (χ0v) is 13.3. The summed E-state index contributed by atoms with van der Waals surface area (Å²) in [5.41, 5.74) is 1.76. The van der Waals surface area contributed by atoms with E-state index in [1.165, 1.54) is 31.8 Å². The molecule has 0 radical (unpaired) electrons. The molecule has 1 heterocycles. The number of nitrogens with zero attached hydrogens (tertiary/aromatic N) is 3. The fourth-order valence-electron chi connectivity index (χ4n) is 3.46. The lowest BCUT2D eigenvalue weighted by Crippen LogP contribution is -2.40. The van der Waals surface area contributed by atoms with E-state index in [4.69, 9.17) is 5.11 Å². The number of carboxylic acids is 1. The summed E-state index contributed by atoms with van der Waals surface area (Å²) in [5.74, 6) is 0.719. The molecule has 2 rings (SSSR count). The van der Waals surface area contributed by atoms with Gasteiger partial charge in [-0.25, -0.2) is 4.79 Å². The van der Waals surface area contributed by atoms with Gasteiger partial charge < -0.3 is 10.0 Å². The van der Waals surface area contributed by atoms with Gasteiger partial charge in [0.1, 0.15) is 5.82 Å². The topological polar surface area (TPSA) is 58.4 Å². The SMILES string of the molecule is Cc1nn(C)c(N(C)C2CCCCC2C)c1C=CC(=O)O. The van der Waals surface area contributed by atoms with Crippen molar-refractivity contribution in [1.82, 2.24) is 9.78 Å². The molecule has 1 aliphatic carbocycles. The first-order chi connectivity index (χ1) is 9.91. The molecule has 1 fully saturated rings. The van der Waals surface area contributed by atoms with Gasteiger partial charge in [-0.05, 0) is 31.8 Å². The molecule has 5 heteroatoms. The van der Waals surface area contributed by atoms with Gasteiger partial charge in [0.2, 0.25) is 0 Å². The average molecular weight is 291 g/mol. The fourth-order valence-corrected chi connectivity index (χ4v) is 3.46. The molecule has 21 heavy (non-hydrogen) atoms. The van der Waals surface area contributed by atoms with Gasteiger partial charge in [0.25, 0.3) is 0 Å². The molecule has 0 aromatic carbocycles. The molecule has 0 amide bonds. The Kier molecular flexibility index (Phi) is 4.70. The van der Waals surface area contributed by atoms with Crippen molar-refractivity contribution in [2.75, 3.05) is 11.9 Å². The van der Waals surface area contributed by atoms with Crippen LogP contribution >= 0.6 is 0 Å². The van der Waals surface area contributed by atoms with E-state index in [-0.39, 0.29) is 0 Å². The number of carbonyl (C=O) groups is 1. The lowest BCUT2D eigenvalue weighted by atomic mass is 9.85. The van der Waals surface area contributed by atoms with Crippen molar-refractivity contribution in [3.8, 4) is 0 Å². The van der Waals surface area contributed by atoms with Crippen molar-refractivity contribution in [3.05, 3.63) is 17.3 Å². The van der Waals surface area contributed by atoms with Crippen molar-refractivity contribution >= 4 is 17.9 Å². The summed E-state index contributed by atoms with van der Waals surface area (Å²) >= 11 is 0. The number of aliphatic carboxylic acids is 1. The number of aromatic nitrogens is 2. The lowest BCUT2D eigenvalue weighted by molar-refractivity contribution is -0.131. The monoisotopic (exact) mass is 291 g/mol. The molecule has 116 valence electrons. The number of hydrogen-bond acceptors (Lipinski definition) is 3. The van der Waals surface area contributed by atoms with Crippen LogP contribution in [-0.2, 0) is 11.8 Å². The minimum Gasteiger partial charge on any atom is -0.478 e. The summed E-state index contributed by atoms with van der Waals surface area (Å²) in [5, 5.41) is 13.3. The number of carboxylic acid groups (broad SMARTS) is 1. The minimum absolute atomic E-state index is 0.491. The fraction of sp³-hybridized carbons (Fsp3) is 0.625. The molecular weight excluding hydrogens is 266 g/mol. The standard InChI is InChI=1S/C16H25N3O2/c1-11-7-5-6-8-14(11)18(3)16-13(9-10-15(20)21)12(2)17-19(16)4/h9-11,14H,5-8H2,1-4H3,(H,20,21). The Morgan fingerprint density at radius 3 is 2.71 bits per heavy atom. The Morgan fingerprint density at radius 2 is 2.10 bits per heavy atom.